The van der Waals surface area contributed by atoms with E-state index in [0.29, 0.717) is 0 Å². The number of hydrogen-bond donors (Lipinski definition) is 1. The third-order valence-corrected chi connectivity index (χ3v) is 3.73. The highest BCUT2D eigenvalue weighted by Gasteiger charge is 2.12. The van der Waals surface area contributed by atoms with Gasteiger partial charge in [-0.25, -0.2) is 4.98 Å². The van der Waals surface area contributed by atoms with Gasteiger partial charge in [0.1, 0.15) is 16.5 Å². The van der Waals surface area contributed by atoms with Gasteiger partial charge in [0.15, 0.2) is 0 Å². The molecular formula is C14H18N2O2S. The van der Waals surface area contributed by atoms with Gasteiger partial charge in [0, 0.05) is 35.8 Å². The Balaban J connectivity index is 2.07. The fraction of sp³-hybridized carbons (Fsp3) is 0.357. The molecular weight excluding hydrogens is 260 g/mol. The summed E-state index contributed by atoms with van der Waals surface area (Å²) >= 11 is 1.65. The molecule has 1 unspecified atom stereocenters. The zero-order valence-electron chi connectivity index (χ0n) is 11.3. The molecule has 0 saturated carbocycles. The first-order chi connectivity index (χ1) is 9.24. The Morgan fingerprint density at radius 1 is 1.32 bits per heavy atom. The molecule has 0 aliphatic carbocycles. The smallest absolute Gasteiger partial charge is 0.127 e. The van der Waals surface area contributed by atoms with Gasteiger partial charge >= 0.3 is 0 Å². The van der Waals surface area contributed by atoms with Gasteiger partial charge in [-0.2, -0.15) is 0 Å². The average Bonchev–Trinajstić information content (AvgIpc) is 2.97. The topological polar surface area (TPSA) is 43.4 Å². The van der Waals surface area contributed by atoms with Crippen molar-refractivity contribution in [3.8, 4) is 11.5 Å². The summed E-state index contributed by atoms with van der Waals surface area (Å²) in [5.74, 6) is 1.63. The van der Waals surface area contributed by atoms with Crippen molar-refractivity contribution in [1.29, 1.82) is 0 Å². The monoisotopic (exact) mass is 278 g/mol. The molecule has 5 heteroatoms. The van der Waals surface area contributed by atoms with Crippen LogP contribution in [0.3, 0.4) is 0 Å². The highest BCUT2D eigenvalue weighted by atomic mass is 32.1. The maximum absolute atomic E-state index is 5.41. The second kappa shape index (κ2) is 6.54. The van der Waals surface area contributed by atoms with Crippen LogP contribution in [0.4, 0.5) is 0 Å². The average molecular weight is 278 g/mol. The Morgan fingerprint density at radius 2 is 2.16 bits per heavy atom. The Kier molecular flexibility index (Phi) is 4.76. The van der Waals surface area contributed by atoms with Crippen molar-refractivity contribution in [3.05, 3.63) is 40.3 Å². The van der Waals surface area contributed by atoms with E-state index in [1.807, 2.05) is 29.8 Å². The Labute approximate surface area is 117 Å². The van der Waals surface area contributed by atoms with Crippen molar-refractivity contribution >= 4 is 11.3 Å². The first-order valence-electron chi connectivity index (χ1n) is 6.08. The van der Waals surface area contributed by atoms with Crippen LogP contribution in [0.5, 0.6) is 11.5 Å². The van der Waals surface area contributed by atoms with Crippen molar-refractivity contribution in [2.45, 2.75) is 19.5 Å². The van der Waals surface area contributed by atoms with E-state index in [-0.39, 0.29) is 6.04 Å². The van der Waals surface area contributed by atoms with E-state index in [2.05, 4.69) is 17.2 Å². The van der Waals surface area contributed by atoms with E-state index >= 15 is 0 Å². The van der Waals surface area contributed by atoms with Crippen molar-refractivity contribution in [3.63, 3.8) is 0 Å². The molecule has 0 radical (unpaired) electrons. The quantitative estimate of drug-likeness (QED) is 0.882. The first-order valence-corrected chi connectivity index (χ1v) is 6.96. The highest BCUT2D eigenvalue weighted by Crippen LogP contribution is 2.29. The summed E-state index contributed by atoms with van der Waals surface area (Å²) in [7, 11) is 3.32. The number of ether oxygens (including phenoxy) is 2. The van der Waals surface area contributed by atoms with E-state index in [1.165, 1.54) is 0 Å². The van der Waals surface area contributed by atoms with Gasteiger partial charge in [0.2, 0.25) is 0 Å². The molecule has 4 nitrogen and oxygen atoms in total. The second-order valence-corrected chi connectivity index (χ2v) is 5.12. The summed E-state index contributed by atoms with van der Waals surface area (Å²) in [5.41, 5.74) is 1.11. The van der Waals surface area contributed by atoms with Crippen LogP contribution in [0, 0.1) is 0 Å². The molecule has 0 spiro atoms. The van der Waals surface area contributed by atoms with Crippen molar-refractivity contribution < 1.29 is 9.47 Å². The summed E-state index contributed by atoms with van der Waals surface area (Å²) in [6.07, 6.45) is 1.82. The van der Waals surface area contributed by atoms with Crippen molar-refractivity contribution in [2.75, 3.05) is 14.2 Å². The van der Waals surface area contributed by atoms with Gasteiger partial charge < -0.3 is 14.8 Å². The molecule has 0 aliphatic heterocycles. The van der Waals surface area contributed by atoms with E-state index in [9.17, 15) is 0 Å². The largest absolute Gasteiger partial charge is 0.497 e. The molecule has 2 aromatic rings. The number of thiazole rings is 1. The summed E-state index contributed by atoms with van der Waals surface area (Å²) in [5, 5.41) is 6.51. The Hall–Kier alpha value is -1.59. The number of nitrogens with zero attached hydrogens (tertiary/aromatic N) is 1. The zero-order valence-corrected chi connectivity index (χ0v) is 12.2. The van der Waals surface area contributed by atoms with Crippen LogP contribution < -0.4 is 14.8 Å². The van der Waals surface area contributed by atoms with Gasteiger partial charge in [-0.3, -0.25) is 0 Å². The van der Waals surface area contributed by atoms with Gasteiger partial charge in [0.25, 0.3) is 0 Å². The predicted octanol–water partition coefficient (Wildman–Crippen LogP) is 3.01. The lowest BCUT2D eigenvalue weighted by molar-refractivity contribution is 0.385. The fourth-order valence-corrected chi connectivity index (χ4v) is 2.43. The van der Waals surface area contributed by atoms with Crippen LogP contribution in [0.1, 0.15) is 23.5 Å². The normalized spacial score (nSPS) is 12.2. The number of aromatic nitrogens is 1. The number of hydrogen-bond acceptors (Lipinski definition) is 5. The fourth-order valence-electron chi connectivity index (χ4n) is 1.87. The second-order valence-electron chi connectivity index (χ2n) is 4.14. The summed E-state index contributed by atoms with van der Waals surface area (Å²) in [6, 6.07) is 6.05. The minimum atomic E-state index is 0.185. The standard InChI is InChI=1S/C14H18N2O2S/c1-10(16-9-14-15-6-7-19-14)12-5-4-11(17-2)8-13(12)18-3/h4-8,10,16H,9H2,1-3H3. The lowest BCUT2D eigenvalue weighted by Crippen LogP contribution is -2.18. The van der Waals surface area contributed by atoms with E-state index in [0.717, 1.165) is 28.6 Å². The number of methoxy groups -OCH3 is 2. The minimum Gasteiger partial charge on any atom is -0.497 e. The van der Waals surface area contributed by atoms with Gasteiger partial charge in [-0.1, -0.05) is 6.07 Å². The summed E-state index contributed by atoms with van der Waals surface area (Å²) < 4.78 is 10.6. The van der Waals surface area contributed by atoms with Crippen LogP contribution in [0.2, 0.25) is 0 Å². The molecule has 1 aromatic carbocycles. The minimum absolute atomic E-state index is 0.185. The van der Waals surface area contributed by atoms with E-state index in [1.54, 1.807) is 25.6 Å². The summed E-state index contributed by atoms with van der Waals surface area (Å²) in [6.45, 7) is 2.87. The molecule has 19 heavy (non-hydrogen) atoms. The van der Waals surface area contributed by atoms with Crippen LogP contribution in [0.15, 0.2) is 29.8 Å². The van der Waals surface area contributed by atoms with Crippen LogP contribution >= 0.6 is 11.3 Å². The SMILES string of the molecule is COc1ccc(C(C)NCc2nccs2)c(OC)c1. The highest BCUT2D eigenvalue weighted by molar-refractivity contribution is 7.09. The number of nitrogens with one attached hydrogen (secondary N) is 1. The molecule has 0 fully saturated rings. The molecule has 1 atom stereocenters. The predicted molar refractivity (Wildman–Crippen MR) is 76.9 cm³/mol. The van der Waals surface area contributed by atoms with Crippen LogP contribution in [-0.4, -0.2) is 19.2 Å². The molecule has 0 saturated heterocycles. The molecule has 102 valence electrons. The van der Waals surface area contributed by atoms with E-state index in [4.69, 9.17) is 9.47 Å². The number of rotatable bonds is 6. The first kappa shape index (κ1) is 13.8. The molecule has 1 N–H and O–H groups in total. The summed E-state index contributed by atoms with van der Waals surface area (Å²) in [4.78, 5) is 4.26. The van der Waals surface area contributed by atoms with Gasteiger partial charge in [-0.15, -0.1) is 11.3 Å². The Bertz CT molecular complexity index is 514. The van der Waals surface area contributed by atoms with Gasteiger partial charge in [-0.05, 0) is 13.0 Å². The van der Waals surface area contributed by atoms with Crippen LogP contribution in [0.25, 0.3) is 0 Å². The lowest BCUT2D eigenvalue weighted by atomic mass is 10.1. The Morgan fingerprint density at radius 3 is 2.79 bits per heavy atom. The molecule has 0 aliphatic rings. The van der Waals surface area contributed by atoms with Gasteiger partial charge in [0.05, 0.1) is 14.2 Å². The maximum atomic E-state index is 5.41. The van der Waals surface area contributed by atoms with Crippen molar-refractivity contribution in [1.82, 2.24) is 10.3 Å². The third-order valence-electron chi connectivity index (χ3n) is 2.95. The molecule has 0 amide bonds. The lowest BCUT2D eigenvalue weighted by Gasteiger charge is -2.17. The molecule has 0 bridgehead atoms. The van der Waals surface area contributed by atoms with Crippen molar-refractivity contribution in [2.24, 2.45) is 0 Å². The van der Waals surface area contributed by atoms with E-state index < -0.39 is 0 Å². The molecule has 1 aromatic heterocycles. The maximum Gasteiger partial charge on any atom is 0.127 e. The third kappa shape index (κ3) is 3.45. The molecule has 2 rings (SSSR count). The molecule has 1 heterocycles. The zero-order chi connectivity index (χ0) is 13.7. The number of benzene rings is 1. The van der Waals surface area contributed by atoms with Crippen LogP contribution in [-0.2, 0) is 6.54 Å².